The van der Waals surface area contributed by atoms with Crippen molar-refractivity contribution in [1.29, 1.82) is 0 Å². The Morgan fingerprint density at radius 3 is 2.67 bits per heavy atom. The van der Waals surface area contributed by atoms with Crippen molar-refractivity contribution in [1.82, 2.24) is 10.6 Å². The van der Waals surface area contributed by atoms with Crippen LogP contribution in [0.2, 0.25) is 5.02 Å². The van der Waals surface area contributed by atoms with Crippen LogP contribution in [-0.4, -0.2) is 22.6 Å². The quantitative estimate of drug-likeness (QED) is 0.782. The van der Waals surface area contributed by atoms with E-state index in [0.29, 0.717) is 17.9 Å². The number of hydrogen-bond acceptors (Lipinski definition) is 2. The highest BCUT2D eigenvalue weighted by Crippen LogP contribution is 2.34. The van der Waals surface area contributed by atoms with Crippen LogP contribution in [0.25, 0.3) is 0 Å². The van der Waals surface area contributed by atoms with Gasteiger partial charge < -0.3 is 15.7 Å². The number of halogens is 1. The van der Waals surface area contributed by atoms with E-state index in [1.807, 2.05) is 19.1 Å². The normalized spacial score (nSPS) is 17.4. The van der Waals surface area contributed by atoms with Crippen molar-refractivity contribution in [2.75, 3.05) is 0 Å². The number of carboxylic acid groups (broad SMARTS) is 1. The molecule has 21 heavy (non-hydrogen) atoms. The summed E-state index contributed by atoms with van der Waals surface area (Å²) >= 11 is 5.93. The fourth-order valence-electron chi connectivity index (χ4n) is 2.57. The van der Waals surface area contributed by atoms with Gasteiger partial charge in [0.2, 0.25) is 0 Å². The maximum absolute atomic E-state index is 12.1. The monoisotopic (exact) mass is 310 g/mol. The van der Waals surface area contributed by atoms with Gasteiger partial charge in [-0.05, 0) is 43.9 Å². The van der Waals surface area contributed by atoms with Gasteiger partial charge in [-0.2, -0.15) is 0 Å². The first-order valence-electron chi connectivity index (χ1n) is 6.96. The fraction of sp³-hybridized carbons (Fsp3) is 0.467. The molecular weight excluding hydrogens is 292 g/mol. The van der Waals surface area contributed by atoms with Crippen molar-refractivity contribution in [3.8, 4) is 0 Å². The first-order valence-corrected chi connectivity index (χ1v) is 7.34. The largest absolute Gasteiger partial charge is 0.481 e. The van der Waals surface area contributed by atoms with Crippen LogP contribution in [0.3, 0.4) is 0 Å². The lowest BCUT2D eigenvalue weighted by Gasteiger charge is -2.41. The van der Waals surface area contributed by atoms with Crippen molar-refractivity contribution in [2.24, 2.45) is 0 Å². The van der Waals surface area contributed by atoms with Crippen LogP contribution in [0.1, 0.15) is 44.2 Å². The second-order valence-corrected chi connectivity index (χ2v) is 6.02. The molecule has 0 spiro atoms. The van der Waals surface area contributed by atoms with Crippen molar-refractivity contribution in [3.05, 3.63) is 34.9 Å². The smallest absolute Gasteiger partial charge is 0.315 e. The van der Waals surface area contributed by atoms with Gasteiger partial charge in [0.1, 0.15) is 0 Å². The molecule has 1 aliphatic carbocycles. The van der Waals surface area contributed by atoms with E-state index in [0.717, 1.165) is 12.0 Å². The lowest BCUT2D eigenvalue weighted by Crippen LogP contribution is -2.57. The first-order chi connectivity index (χ1) is 9.90. The third-order valence-electron chi connectivity index (χ3n) is 3.88. The second kappa shape index (κ2) is 6.35. The van der Waals surface area contributed by atoms with Gasteiger partial charge in [-0.25, -0.2) is 4.79 Å². The van der Waals surface area contributed by atoms with Crippen molar-refractivity contribution >= 4 is 23.6 Å². The SMILES string of the molecule is CC(NC(=O)NC1(CC(=O)O)CCC1)c1cccc(Cl)c1. The molecule has 0 radical (unpaired) electrons. The van der Waals surface area contributed by atoms with E-state index < -0.39 is 11.5 Å². The van der Waals surface area contributed by atoms with Crippen LogP contribution in [0.4, 0.5) is 4.79 Å². The summed E-state index contributed by atoms with van der Waals surface area (Å²) in [5.41, 5.74) is 0.308. The predicted octanol–water partition coefficient (Wildman–Crippen LogP) is 3.10. The van der Waals surface area contributed by atoms with Gasteiger partial charge in [0.15, 0.2) is 0 Å². The molecule has 1 atom stereocenters. The Balaban J connectivity index is 1.93. The first kappa shape index (κ1) is 15.6. The second-order valence-electron chi connectivity index (χ2n) is 5.58. The van der Waals surface area contributed by atoms with E-state index in [1.165, 1.54) is 0 Å². The maximum atomic E-state index is 12.1. The van der Waals surface area contributed by atoms with E-state index >= 15 is 0 Å². The third-order valence-corrected chi connectivity index (χ3v) is 4.11. The molecule has 2 rings (SSSR count). The molecule has 0 aromatic heterocycles. The van der Waals surface area contributed by atoms with E-state index in [1.54, 1.807) is 12.1 Å². The molecule has 0 bridgehead atoms. The molecule has 3 N–H and O–H groups in total. The predicted molar refractivity (Wildman–Crippen MR) is 80.4 cm³/mol. The van der Waals surface area contributed by atoms with E-state index in [2.05, 4.69) is 10.6 Å². The summed E-state index contributed by atoms with van der Waals surface area (Å²) in [7, 11) is 0. The van der Waals surface area contributed by atoms with Gasteiger partial charge in [-0.15, -0.1) is 0 Å². The zero-order valence-corrected chi connectivity index (χ0v) is 12.6. The molecule has 0 aliphatic heterocycles. The summed E-state index contributed by atoms with van der Waals surface area (Å²) < 4.78 is 0. The number of hydrogen-bond donors (Lipinski definition) is 3. The highest BCUT2D eigenvalue weighted by atomic mass is 35.5. The average molecular weight is 311 g/mol. The molecule has 0 saturated heterocycles. The molecule has 1 unspecified atom stereocenters. The minimum absolute atomic E-state index is 0.0357. The van der Waals surface area contributed by atoms with Gasteiger partial charge >= 0.3 is 12.0 Å². The van der Waals surface area contributed by atoms with Crippen molar-refractivity contribution in [2.45, 2.75) is 44.2 Å². The molecule has 1 aromatic carbocycles. The van der Waals surface area contributed by atoms with E-state index in [4.69, 9.17) is 16.7 Å². The molecule has 1 fully saturated rings. The molecular formula is C15H19ClN2O3. The summed E-state index contributed by atoms with van der Waals surface area (Å²) in [6.45, 7) is 1.86. The number of carbonyl (C=O) groups is 2. The Labute approximate surface area is 128 Å². The van der Waals surface area contributed by atoms with Crippen LogP contribution in [0, 0.1) is 0 Å². The standard InChI is InChI=1S/C15H19ClN2O3/c1-10(11-4-2-5-12(16)8-11)17-14(21)18-15(6-3-7-15)9-13(19)20/h2,4-5,8,10H,3,6-7,9H2,1H3,(H,19,20)(H2,17,18,21). The molecule has 114 valence electrons. The molecule has 1 aliphatic rings. The Kier molecular flexibility index (Phi) is 4.73. The highest BCUT2D eigenvalue weighted by Gasteiger charge is 2.40. The van der Waals surface area contributed by atoms with E-state index in [-0.39, 0.29) is 18.5 Å². The van der Waals surface area contributed by atoms with Crippen LogP contribution in [0.15, 0.2) is 24.3 Å². The number of rotatable bonds is 5. The third kappa shape index (κ3) is 4.11. The van der Waals surface area contributed by atoms with Gasteiger partial charge in [-0.1, -0.05) is 23.7 Å². The summed E-state index contributed by atoms with van der Waals surface area (Å²) in [5.74, 6) is -0.891. The van der Waals surface area contributed by atoms with Crippen LogP contribution < -0.4 is 10.6 Å². The number of aliphatic carboxylic acids is 1. The van der Waals surface area contributed by atoms with Crippen LogP contribution in [-0.2, 0) is 4.79 Å². The van der Waals surface area contributed by atoms with Gasteiger partial charge in [0.25, 0.3) is 0 Å². The fourth-order valence-corrected chi connectivity index (χ4v) is 2.77. The number of amides is 2. The average Bonchev–Trinajstić information content (AvgIpc) is 2.35. The van der Waals surface area contributed by atoms with Crippen molar-refractivity contribution in [3.63, 3.8) is 0 Å². The Bertz CT molecular complexity index is 543. The molecule has 6 heteroatoms. The zero-order chi connectivity index (χ0) is 15.5. The van der Waals surface area contributed by atoms with E-state index in [9.17, 15) is 9.59 Å². The lowest BCUT2D eigenvalue weighted by molar-refractivity contribution is -0.139. The number of urea groups is 1. The molecule has 2 amide bonds. The Morgan fingerprint density at radius 2 is 2.14 bits per heavy atom. The number of carboxylic acids is 1. The Morgan fingerprint density at radius 1 is 1.43 bits per heavy atom. The lowest BCUT2D eigenvalue weighted by atomic mass is 9.74. The Hall–Kier alpha value is -1.75. The minimum atomic E-state index is -0.891. The van der Waals surface area contributed by atoms with Gasteiger partial charge in [0.05, 0.1) is 18.0 Å². The highest BCUT2D eigenvalue weighted by molar-refractivity contribution is 6.30. The summed E-state index contributed by atoms with van der Waals surface area (Å²) in [4.78, 5) is 22.9. The summed E-state index contributed by atoms with van der Waals surface area (Å²) in [5, 5.41) is 15.2. The molecule has 1 saturated carbocycles. The van der Waals surface area contributed by atoms with Crippen LogP contribution >= 0.6 is 11.6 Å². The minimum Gasteiger partial charge on any atom is -0.481 e. The molecule has 0 heterocycles. The van der Waals surface area contributed by atoms with Gasteiger partial charge in [-0.3, -0.25) is 4.79 Å². The number of carbonyl (C=O) groups excluding carboxylic acids is 1. The topological polar surface area (TPSA) is 78.4 Å². The van der Waals surface area contributed by atoms with Gasteiger partial charge in [0, 0.05) is 5.02 Å². The van der Waals surface area contributed by atoms with Crippen molar-refractivity contribution < 1.29 is 14.7 Å². The molecule has 1 aromatic rings. The number of nitrogens with one attached hydrogen (secondary N) is 2. The number of benzene rings is 1. The maximum Gasteiger partial charge on any atom is 0.315 e. The zero-order valence-electron chi connectivity index (χ0n) is 11.9. The van der Waals surface area contributed by atoms with Crippen LogP contribution in [0.5, 0.6) is 0 Å². The summed E-state index contributed by atoms with van der Waals surface area (Å²) in [6.07, 6.45) is 2.32. The molecule has 5 nitrogen and oxygen atoms in total. The summed E-state index contributed by atoms with van der Waals surface area (Å²) in [6, 6.07) is 6.73.